The lowest BCUT2D eigenvalue weighted by molar-refractivity contribution is -0.137. The number of methoxy groups -OCH3 is 1. The molecule has 1 aliphatic heterocycles. The smallest absolute Gasteiger partial charge is 0.268 e. The molecule has 4 rings (SSSR count). The predicted molar refractivity (Wildman–Crippen MR) is 124 cm³/mol. The number of rotatable bonds is 7. The highest BCUT2D eigenvalue weighted by Crippen LogP contribution is 2.38. The van der Waals surface area contributed by atoms with Crippen molar-refractivity contribution < 1.29 is 14.3 Å². The standard InChI is InChI=1S/C26H23NO3S/c1-18-8-12-21(13-9-18)23-24(31-17-20-6-4-3-5-7-20)26(29)27(25(23)28)16-19-10-14-22(30-2)15-11-19/h3-15H,16-17H2,1-2H3. The molecule has 0 N–H and O–H groups in total. The van der Waals surface area contributed by atoms with E-state index in [1.807, 2.05) is 85.8 Å². The van der Waals surface area contributed by atoms with Crippen LogP contribution >= 0.6 is 11.8 Å². The summed E-state index contributed by atoms with van der Waals surface area (Å²) >= 11 is 1.42. The molecule has 0 aliphatic carbocycles. The highest BCUT2D eigenvalue weighted by molar-refractivity contribution is 8.03. The van der Waals surface area contributed by atoms with Crippen LogP contribution in [0.15, 0.2) is 83.8 Å². The first kappa shape index (κ1) is 20.9. The van der Waals surface area contributed by atoms with Gasteiger partial charge in [-0.25, -0.2) is 0 Å². The minimum absolute atomic E-state index is 0.229. The van der Waals surface area contributed by atoms with Gasteiger partial charge >= 0.3 is 0 Å². The number of carbonyl (C=O) groups is 2. The van der Waals surface area contributed by atoms with Crippen molar-refractivity contribution in [2.45, 2.75) is 19.2 Å². The Morgan fingerprint density at radius 3 is 2.13 bits per heavy atom. The van der Waals surface area contributed by atoms with Crippen LogP contribution in [0.1, 0.15) is 22.3 Å². The summed E-state index contributed by atoms with van der Waals surface area (Å²) in [6.45, 7) is 2.23. The summed E-state index contributed by atoms with van der Waals surface area (Å²) in [5.41, 5.74) is 4.35. The summed E-state index contributed by atoms with van der Waals surface area (Å²) in [7, 11) is 1.61. The molecule has 1 heterocycles. The first-order valence-corrected chi connectivity index (χ1v) is 11.0. The van der Waals surface area contributed by atoms with E-state index < -0.39 is 0 Å². The number of imide groups is 1. The summed E-state index contributed by atoms with van der Waals surface area (Å²) in [5.74, 6) is 0.874. The van der Waals surface area contributed by atoms with Gasteiger partial charge in [0, 0.05) is 5.75 Å². The van der Waals surface area contributed by atoms with Gasteiger partial charge in [0.1, 0.15) is 5.75 Å². The highest BCUT2D eigenvalue weighted by Gasteiger charge is 2.39. The second-order valence-corrected chi connectivity index (χ2v) is 8.37. The van der Waals surface area contributed by atoms with Crippen LogP contribution in [0, 0.1) is 6.92 Å². The summed E-state index contributed by atoms with van der Waals surface area (Å²) < 4.78 is 5.20. The topological polar surface area (TPSA) is 46.6 Å². The van der Waals surface area contributed by atoms with Crippen molar-refractivity contribution in [1.82, 2.24) is 4.90 Å². The first-order chi connectivity index (χ1) is 15.1. The molecule has 3 aromatic carbocycles. The van der Waals surface area contributed by atoms with E-state index >= 15 is 0 Å². The monoisotopic (exact) mass is 429 g/mol. The van der Waals surface area contributed by atoms with Crippen molar-refractivity contribution in [2.75, 3.05) is 7.11 Å². The molecule has 0 atom stereocenters. The Morgan fingerprint density at radius 2 is 1.48 bits per heavy atom. The van der Waals surface area contributed by atoms with E-state index in [-0.39, 0.29) is 18.4 Å². The SMILES string of the molecule is COc1ccc(CN2C(=O)C(SCc3ccccc3)=C(c3ccc(C)cc3)C2=O)cc1. The van der Waals surface area contributed by atoms with Crippen LogP contribution in [0.2, 0.25) is 0 Å². The van der Waals surface area contributed by atoms with E-state index in [0.717, 1.165) is 28.0 Å². The van der Waals surface area contributed by atoms with Crippen LogP contribution in [-0.2, 0) is 21.9 Å². The van der Waals surface area contributed by atoms with Gasteiger partial charge in [0.2, 0.25) is 0 Å². The quantitative estimate of drug-likeness (QED) is 0.483. The molecule has 0 saturated carbocycles. The molecule has 5 heteroatoms. The number of benzene rings is 3. The molecule has 0 saturated heterocycles. The largest absolute Gasteiger partial charge is 0.497 e. The lowest BCUT2D eigenvalue weighted by Gasteiger charge is -2.15. The summed E-state index contributed by atoms with van der Waals surface area (Å²) in [6.07, 6.45) is 0. The van der Waals surface area contributed by atoms with Crippen molar-refractivity contribution in [2.24, 2.45) is 0 Å². The number of hydrogen-bond donors (Lipinski definition) is 0. The van der Waals surface area contributed by atoms with Gasteiger partial charge in [-0.1, -0.05) is 72.3 Å². The average Bonchev–Trinajstić information content (AvgIpc) is 3.03. The maximum atomic E-state index is 13.4. The van der Waals surface area contributed by atoms with E-state index in [1.165, 1.54) is 16.7 Å². The lowest BCUT2D eigenvalue weighted by atomic mass is 10.0. The highest BCUT2D eigenvalue weighted by atomic mass is 32.2. The first-order valence-electron chi connectivity index (χ1n) is 10.0. The van der Waals surface area contributed by atoms with Crippen molar-refractivity contribution in [3.63, 3.8) is 0 Å². The number of nitrogens with zero attached hydrogens (tertiary/aromatic N) is 1. The Kier molecular flexibility index (Phi) is 6.23. The maximum absolute atomic E-state index is 13.4. The number of amides is 2. The summed E-state index contributed by atoms with van der Waals surface area (Å²) in [6, 6.07) is 25.1. The zero-order valence-corrected chi connectivity index (χ0v) is 18.3. The molecule has 3 aromatic rings. The normalized spacial score (nSPS) is 13.8. The van der Waals surface area contributed by atoms with Gasteiger partial charge in [-0.15, -0.1) is 11.8 Å². The molecule has 31 heavy (non-hydrogen) atoms. The Bertz CT molecular complexity index is 1120. The number of carbonyl (C=O) groups excluding carboxylic acids is 2. The van der Waals surface area contributed by atoms with Crippen molar-refractivity contribution in [3.05, 3.63) is 106 Å². The van der Waals surface area contributed by atoms with Gasteiger partial charge in [-0.05, 0) is 35.7 Å². The Labute approximate surface area is 186 Å². The molecule has 2 amide bonds. The molecule has 0 unspecified atom stereocenters. The fourth-order valence-corrected chi connectivity index (χ4v) is 4.54. The number of aryl methyl sites for hydroxylation is 1. The lowest BCUT2D eigenvalue weighted by Crippen LogP contribution is -2.30. The van der Waals surface area contributed by atoms with Crippen LogP contribution < -0.4 is 4.74 Å². The number of thioether (sulfide) groups is 1. The minimum atomic E-state index is -0.250. The third-order valence-corrected chi connectivity index (χ3v) is 6.34. The second kappa shape index (κ2) is 9.23. The fourth-order valence-electron chi connectivity index (χ4n) is 3.45. The van der Waals surface area contributed by atoms with Crippen LogP contribution in [-0.4, -0.2) is 23.8 Å². The van der Waals surface area contributed by atoms with Gasteiger partial charge < -0.3 is 4.74 Å². The zero-order chi connectivity index (χ0) is 21.8. The third-order valence-electron chi connectivity index (χ3n) is 5.19. The molecule has 156 valence electrons. The molecular formula is C26H23NO3S. The third kappa shape index (κ3) is 4.57. The summed E-state index contributed by atoms with van der Waals surface area (Å²) in [4.78, 5) is 28.5. The molecule has 0 fully saturated rings. The minimum Gasteiger partial charge on any atom is -0.497 e. The number of hydrogen-bond acceptors (Lipinski definition) is 4. The van der Waals surface area contributed by atoms with Crippen LogP contribution in [0.25, 0.3) is 5.57 Å². The molecule has 0 aromatic heterocycles. The molecule has 0 spiro atoms. The van der Waals surface area contributed by atoms with E-state index in [4.69, 9.17) is 4.74 Å². The number of ether oxygens (including phenoxy) is 1. The second-order valence-electron chi connectivity index (χ2n) is 7.39. The molecule has 1 aliphatic rings. The van der Waals surface area contributed by atoms with Gasteiger partial charge in [0.25, 0.3) is 11.8 Å². The predicted octanol–water partition coefficient (Wildman–Crippen LogP) is 5.22. The fraction of sp³-hybridized carbons (Fsp3) is 0.154. The maximum Gasteiger partial charge on any atom is 0.268 e. The van der Waals surface area contributed by atoms with E-state index in [1.54, 1.807) is 7.11 Å². The van der Waals surface area contributed by atoms with Gasteiger partial charge in [-0.3, -0.25) is 14.5 Å². The molecule has 0 radical (unpaired) electrons. The van der Waals surface area contributed by atoms with E-state index in [9.17, 15) is 9.59 Å². The van der Waals surface area contributed by atoms with E-state index in [0.29, 0.717) is 16.2 Å². The Hall–Kier alpha value is -3.31. The molecule has 0 bridgehead atoms. The Balaban J connectivity index is 1.64. The van der Waals surface area contributed by atoms with Gasteiger partial charge in [0.15, 0.2) is 0 Å². The average molecular weight is 430 g/mol. The van der Waals surface area contributed by atoms with Gasteiger partial charge in [-0.2, -0.15) is 0 Å². The molecule has 4 nitrogen and oxygen atoms in total. The Morgan fingerprint density at radius 1 is 0.806 bits per heavy atom. The van der Waals surface area contributed by atoms with Crippen molar-refractivity contribution >= 4 is 29.1 Å². The zero-order valence-electron chi connectivity index (χ0n) is 17.5. The van der Waals surface area contributed by atoms with Crippen molar-refractivity contribution in [1.29, 1.82) is 0 Å². The van der Waals surface area contributed by atoms with Gasteiger partial charge in [0.05, 0.1) is 24.1 Å². The van der Waals surface area contributed by atoms with Crippen LogP contribution in [0.3, 0.4) is 0 Å². The van der Waals surface area contributed by atoms with Crippen LogP contribution in [0.4, 0.5) is 0 Å². The molecular weight excluding hydrogens is 406 g/mol. The van der Waals surface area contributed by atoms with E-state index in [2.05, 4.69) is 0 Å². The van der Waals surface area contributed by atoms with Crippen LogP contribution in [0.5, 0.6) is 5.75 Å². The summed E-state index contributed by atoms with van der Waals surface area (Å²) in [5, 5.41) is 0. The van der Waals surface area contributed by atoms with Crippen molar-refractivity contribution in [3.8, 4) is 5.75 Å².